The fraction of sp³-hybridized carbons (Fsp3) is 0.538. The van der Waals surface area contributed by atoms with Gasteiger partial charge in [0, 0.05) is 17.3 Å². The molecule has 1 atom stereocenters. The second kappa shape index (κ2) is 4.52. The molecule has 0 spiro atoms. The predicted octanol–water partition coefficient (Wildman–Crippen LogP) is 2.81. The van der Waals surface area contributed by atoms with Gasteiger partial charge in [-0.05, 0) is 33.2 Å². The van der Waals surface area contributed by atoms with E-state index in [9.17, 15) is 0 Å². The van der Waals surface area contributed by atoms with Crippen LogP contribution in [0.3, 0.4) is 0 Å². The first-order chi connectivity index (χ1) is 8.66. The van der Waals surface area contributed by atoms with Crippen LogP contribution in [0.4, 0.5) is 0 Å². The summed E-state index contributed by atoms with van der Waals surface area (Å²) in [6, 6.07) is 2.39. The fourth-order valence-electron chi connectivity index (χ4n) is 2.45. The molecule has 96 valence electrons. The maximum absolute atomic E-state index is 6.32. The van der Waals surface area contributed by atoms with Gasteiger partial charge in [-0.15, -0.1) is 0 Å². The van der Waals surface area contributed by atoms with Crippen LogP contribution in [0.5, 0.6) is 0 Å². The van der Waals surface area contributed by atoms with Crippen molar-refractivity contribution in [2.24, 2.45) is 0 Å². The highest BCUT2D eigenvalue weighted by Gasteiger charge is 2.19. The van der Waals surface area contributed by atoms with E-state index < -0.39 is 0 Å². The molecule has 2 aromatic heterocycles. The lowest BCUT2D eigenvalue weighted by molar-refractivity contribution is 0.404. The highest BCUT2D eigenvalue weighted by molar-refractivity contribution is 6.30. The van der Waals surface area contributed by atoms with E-state index in [-0.39, 0.29) is 0 Å². The third-order valence-electron chi connectivity index (χ3n) is 3.70. The normalized spacial score (nSPS) is 20.5. The fourth-order valence-corrected chi connectivity index (χ4v) is 2.71. The largest absolute Gasteiger partial charge is 0.309 e. The van der Waals surface area contributed by atoms with Crippen LogP contribution < -0.4 is 5.32 Å². The Morgan fingerprint density at radius 3 is 2.94 bits per heavy atom. The minimum absolute atomic E-state index is 0.345. The summed E-state index contributed by atoms with van der Waals surface area (Å²) in [5.41, 5.74) is 3.85. The number of hydrogen-bond acceptors (Lipinski definition) is 3. The minimum atomic E-state index is 0.345. The van der Waals surface area contributed by atoms with Crippen LogP contribution in [0, 0.1) is 13.8 Å². The molecule has 1 fully saturated rings. The van der Waals surface area contributed by atoms with Gasteiger partial charge in [0.25, 0.3) is 0 Å². The van der Waals surface area contributed by atoms with Crippen molar-refractivity contribution >= 4 is 17.2 Å². The molecule has 0 aliphatic carbocycles. The van der Waals surface area contributed by atoms with Crippen LogP contribution in [0.15, 0.2) is 6.07 Å². The summed E-state index contributed by atoms with van der Waals surface area (Å²) in [5.74, 6) is 0. The van der Waals surface area contributed by atoms with Crippen molar-refractivity contribution in [1.29, 1.82) is 0 Å². The summed E-state index contributed by atoms with van der Waals surface area (Å²) in [6.45, 7) is 5.02. The highest BCUT2D eigenvalue weighted by Crippen LogP contribution is 2.25. The number of hydrogen-bond donors (Lipinski definition) is 1. The van der Waals surface area contributed by atoms with Crippen LogP contribution in [0.1, 0.15) is 42.3 Å². The van der Waals surface area contributed by atoms with Gasteiger partial charge in [-0.25, -0.2) is 9.50 Å². The summed E-state index contributed by atoms with van der Waals surface area (Å²) >= 11 is 6.32. The van der Waals surface area contributed by atoms with Crippen molar-refractivity contribution in [2.75, 3.05) is 6.54 Å². The minimum Gasteiger partial charge on any atom is -0.309 e. The molecule has 0 saturated carbocycles. The second-order valence-electron chi connectivity index (χ2n) is 4.95. The molecule has 1 aliphatic rings. The maximum Gasteiger partial charge on any atom is 0.157 e. The number of fused-ring (bicyclic) bond motifs is 1. The molecule has 3 heterocycles. The van der Waals surface area contributed by atoms with Crippen molar-refractivity contribution in [1.82, 2.24) is 19.9 Å². The Balaban J connectivity index is 2.07. The van der Waals surface area contributed by atoms with Crippen LogP contribution in [-0.4, -0.2) is 21.1 Å². The Morgan fingerprint density at radius 2 is 2.22 bits per heavy atom. The lowest BCUT2D eigenvalue weighted by atomic mass is 10.0. The van der Waals surface area contributed by atoms with Crippen molar-refractivity contribution in [3.8, 4) is 0 Å². The maximum atomic E-state index is 6.32. The summed E-state index contributed by atoms with van der Waals surface area (Å²) < 4.78 is 1.75. The molecule has 0 amide bonds. The lowest BCUT2D eigenvalue weighted by Gasteiger charge is -2.21. The van der Waals surface area contributed by atoms with Crippen molar-refractivity contribution in [3.05, 3.63) is 28.2 Å². The molecule has 18 heavy (non-hydrogen) atoms. The molecule has 0 bridgehead atoms. The van der Waals surface area contributed by atoms with Crippen LogP contribution >= 0.6 is 11.6 Å². The molecule has 1 unspecified atom stereocenters. The second-order valence-corrected chi connectivity index (χ2v) is 5.31. The van der Waals surface area contributed by atoms with E-state index in [1.807, 2.05) is 19.9 Å². The topological polar surface area (TPSA) is 42.2 Å². The molecule has 1 N–H and O–H groups in total. The first kappa shape index (κ1) is 11.9. The monoisotopic (exact) mass is 264 g/mol. The molecule has 3 rings (SSSR count). The van der Waals surface area contributed by atoms with E-state index in [1.165, 1.54) is 12.8 Å². The van der Waals surface area contributed by atoms with Crippen molar-refractivity contribution in [3.63, 3.8) is 0 Å². The van der Waals surface area contributed by atoms with E-state index >= 15 is 0 Å². The lowest BCUT2D eigenvalue weighted by Crippen LogP contribution is -2.27. The average molecular weight is 265 g/mol. The number of halogens is 1. The third-order valence-corrected chi connectivity index (χ3v) is 4.14. The Morgan fingerprint density at radius 1 is 1.39 bits per heavy atom. The number of piperidine rings is 1. The highest BCUT2D eigenvalue weighted by atomic mass is 35.5. The Kier molecular flexibility index (Phi) is 2.99. The summed E-state index contributed by atoms with van der Waals surface area (Å²) in [6.07, 6.45) is 3.64. The molecule has 1 aliphatic heterocycles. The summed E-state index contributed by atoms with van der Waals surface area (Å²) in [4.78, 5) is 4.54. The van der Waals surface area contributed by atoms with Gasteiger partial charge in [-0.3, -0.25) is 0 Å². The number of rotatable bonds is 1. The van der Waals surface area contributed by atoms with E-state index in [0.717, 1.165) is 35.6 Å². The number of aromatic nitrogens is 3. The molecular weight excluding hydrogens is 248 g/mol. The van der Waals surface area contributed by atoms with Crippen LogP contribution in [0.2, 0.25) is 5.15 Å². The molecular formula is C13H17ClN4. The number of nitrogens with one attached hydrogen (secondary N) is 1. The summed E-state index contributed by atoms with van der Waals surface area (Å²) in [7, 11) is 0. The quantitative estimate of drug-likeness (QED) is 0.806. The van der Waals surface area contributed by atoms with E-state index in [0.29, 0.717) is 11.2 Å². The van der Waals surface area contributed by atoms with Gasteiger partial charge in [0.15, 0.2) is 5.65 Å². The molecule has 0 aromatic carbocycles. The third kappa shape index (κ3) is 1.89. The molecule has 2 aromatic rings. The van der Waals surface area contributed by atoms with Gasteiger partial charge in [-0.2, -0.15) is 5.10 Å². The van der Waals surface area contributed by atoms with E-state index in [1.54, 1.807) is 4.52 Å². The zero-order valence-corrected chi connectivity index (χ0v) is 11.5. The van der Waals surface area contributed by atoms with Crippen molar-refractivity contribution in [2.45, 2.75) is 39.2 Å². The van der Waals surface area contributed by atoms with Gasteiger partial charge < -0.3 is 5.32 Å². The Bertz CT molecular complexity index is 584. The molecule has 1 saturated heterocycles. The molecule has 0 radical (unpaired) electrons. The van der Waals surface area contributed by atoms with Crippen LogP contribution in [0.25, 0.3) is 5.65 Å². The first-order valence-electron chi connectivity index (χ1n) is 6.42. The zero-order valence-electron chi connectivity index (χ0n) is 10.7. The van der Waals surface area contributed by atoms with E-state index in [2.05, 4.69) is 15.4 Å². The smallest absolute Gasteiger partial charge is 0.157 e. The van der Waals surface area contributed by atoms with Gasteiger partial charge in [0.05, 0.1) is 11.7 Å². The predicted molar refractivity (Wildman–Crippen MR) is 72.1 cm³/mol. The SMILES string of the molecule is Cc1nc2cc(C3CCCCN3)nn2c(Cl)c1C. The number of aryl methyl sites for hydroxylation is 1. The van der Waals surface area contributed by atoms with Gasteiger partial charge in [0.1, 0.15) is 5.15 Å². The first-order valence-corrected chi connectivity index (χ1v) is 6.80. The summed E-state index contributed by atoms with van der Waals surface area (Å²) in [5, 5.41) is 8.76. The Labute approximate surface area is 111 Å². The zero-order chi connectivity index (χ0) is 12.7. The average Bonchev–Trinajstić information content (AvgIpc) is 2.81. The van der Waals surface area contributed by atoms with Crippen molar-refractivity contribution < 1.29 is 0 Å². The van der Waals surface area contributed by atoms with Gasteiger partial charge in [0.2, 0.25) is 0 Å². The van der Waals surface area contributed by atoms with Gasteiger partial charge in [-0.1, -0.05) is 18.0 Å². The molecule has 5 heteroatoms. The Hall–Kier alpha value is -1.13. The molecule has 4 nitrogen and oxygen atoms in total. The number of nitrogens with zero attached hydrogens (tertiary/aromatic N) is 3. The van der Waals surface area contributed by atoms with E-state index in [4.69, 9.17) is 11.6 Å². The van der Waals surface area contributed by atoms with Crippen LogP contribution in [-0.2, 0) is 0 Å². The van der Waals surface area contributed by atoms with Gasteiger partial charge >= 0.3 is 0 Å². The standard InChI is InChI=1S/C13H17ClN4/c1-8-9(2)16-12-7-11(17-18(12)13(8)14)10-5-3-4-6-15-10/h7,10,15H,3-6H2,1-2H3.